The first-order valence-corrected chi connectivity index (χ1v) is 9.65. The van der Waals surface area contributed by atoms with Crippen molar-refractivity contribution in [2.75, 3.05) is 19.6 Å². The number of aliphatic hydroxyl groups is 1. The topological polar surface area (TPSA) is 192 Å². The van der Waals surface area contributed by atoms with Crippen molar-refractivity contribution in [1.82, 2.24) is 16.0 Å². The van der Waals surface area contributed by atoms with Crippen LogP contribution in [0, 0.1) is 5.41 Å². The number of carbonyl (C=O) groups is 2. The SMILES string of the molecule is N=C(N)NCCCCCCC(=O)NC(O)C(=O)NCCCC(N)CCCN. The number of carbonyl (C=O) groups excluding carboxylic acids is 2. The first kappa shape index (κ1) is 25.1. The second kappa shape index (κ2) is 16.3. The van der Waals surface area contributed by atoms with E-state index in [1.807, 2.05) is 0 Å². The molecule has 0 radical (unpaired) electrons. The zero-order valence-electron chi connectivity index (χ0n) is 16.1. The van der Waals surface area contributed by atoms with Crippen LogP contribution in [0.15, 0.2) is 0 Å². The van der Waals surface area contributed by atoms with Crippen molar-refractivity contribution in [2.45, 2.75) is 70.1 Å². The highest BCUT2D eigenvalue weighted by Gasteiger charge is 2.16. The van der Waals surface area contributed by atoms with Crippen LogP contribution >= 0.6 is 0 Å². The molecule has 0 fully saturated rings. The molecule has 10 heteroatoms. The van der Waals surface area contributed by atoms with Crippen molar-refractivity contribution in [3.05, 3.63) is 0 Å². The first-order chi connectivity index (χ1) is 12.9. The van der Waals surface area contributed by atoms with E-state index in [1.54, 1.807) is 0 Å². The summed E-state index contributed by atoms with van der Waals surface area (Å²) in [6, 6.07) is 0.0633. The molecule has 0 aliphatic rings. The lowest BCUT2D eigenvalue weighted by Gasteiger charge is -2.14. The van der Waals surface area contributed by atoms with Crippen LogP contribution < -0.4 is 33.2 Å². The van der Waals surface area contributed by atoms with E-state index in [9.17, 15) is 14.7 Å². The van der Waals surface area contributed by atoms with Gasteiger partial charge in [0.05, 0.1) is 0 Å². The van der Waals surface area contributed by atoms with E-state index < -0.39 is 12.1 Å². The Morgan fingerprint density at radius 2 is 1.59 bits per heavy atom. The first-order valence-electron chi connectivity index (χ1n) is 9.65. The van der Waals surface area contributed by atoms with Gasteiger partial charge in [-0.1, -0.05) is 12.8 Å². The van der Waals surface area contributed by atoms with Gasteiger partial charge in [-0.2, -0.15) is 0 Å². The van der Waals surface area contributed by atoms with Crippen molar-refractivity contribution in [1.29, 1.82) is 5.41 Å². The van der Waals surface area contributed by atoms with Gasteiger partial charge in [0.1, 0.15) is 0 Å². The van der Waals surface area contributed by atoms with Gasteiger partial charge < -0.3 is 38.3 Å². The van der Waals surface area contributed by atoms with Crippen LogP contribution in [0.25, 0.3) is 0 Å². The lowest BCUT2D eigenvalue weighted by Crippen LogP contribution is -2.46. The number of hydrogen-bond acceptors (Lipinski definition) is 6. The number of aliphatic hydroxyl groups excluding tert-OH is 1. The van der Waals surface area contributed by atoms with Crippen molar-refractivity contribution in [2.24, 2.45) is 17.2 Å². The molecule has 158 valence electrons. The minimum absolute atomic E-state index is 0.0453. The largest absolute Gasteiger partial charge is 0.370 e. The van der Waals surface area contributed by atoms with Crippen LogP contribution in [0.1, 0.15) is 57.8 Å². The Bertz CT molecular complexity index is 435. The predicted octanol–water partition coefficient (Wildman–Crippen LogP) is -1.18. The van der Waals surface area contributed by atoms with E-state index in [2.05, 4.69) is 16.0 Å². The van der Waals surface area contributed by atoms with Gasteiger partial charge in [-0.15, -0.1) is 0 Å². The number of nitrogens with two attached hydrogens (primary N) is 3. The summed E-state index contributed by atoms with van der Waals surface area (Å²) in [6.07, 6.45) is 5.21. The molecular weight excluding hydrogens is 350 g/mol. The second-order valence-corrected chi connectivity index (χ2v) is 6.60. The highest BCUT2D eigenvalue weighted by atomic mass is 16.3. The highest BCUT2D eigenvalue weighted by molar-refractivity contribution is 5.86. The summed E-state index contributed by atoms with van der Waals surface area (Å²) in [5.41, 5.74) is 16.5. The minimum atomic E-state index is -1.54. The van der Waals surface area contributed by atoms with Gasteiger partial charge in [-0.3, -0.25) is 15.0 Å². The third-order valence-corrected chi connectivity index (χ3v) is 4.02. The summed E-state index contributed by atoms with van der Waals surface area (Å²) in [5, 5.41) is 24.3. The van der Waals surface area contributed by atoms with Gasteiger partial charge in [0.15, 0.2) is 5.96 Å². The predicted molar refractivity (Wildman–Crippen MR) is 106 cm³/mol. The van der Waals surface area contributed by atoms with Gasteiger partial charge >= 0.3 is 0 Å². The third-order valence-electron chi connectivity index (χ3n) is 4.02. The standard InChI is InChI=1S/C17H37N7O3/c18-10-5-7-13(19)8-6-12-22-15(26)16(27)24-14(25)9-3-1-2-4-11-23-17(20)21/h13,16,27H,1-12,18-19H2,(H,22,26)(H,24,25)(H4,20,21,23). The number of guanidine groups is 1. The molecule has 0 heterocycles. The summed E-state index contributed by atoms with van der Waals surface area (Å²) < 4.78 is 0. The third kappa shape index (κ3) is 16.0. The number of hydrogen-bond donors (Lipinski definition) is 8. The molecule has 0 aromatic heterocycles. The van der Waals surface area contributed by atoms with Crippen LogP contribution in [0.4, 0.5) is 0 Å². The quantitative estimate of drug-likeness (QED) is 0.0706. The molecule has 11 N–H and O–H groups in total. The van der Waals surface area contributed by atoms with Crippen molar-refractivity contribution in [3.8, 4) is 0 Å². The molecule has 2 amide bonds. The summed E-state index contributed by atoms with van der Waals surface area (Å²) in [5.74, 6) is -1.02. The molecule has 0 saturated carbocycles. The fraction of sp³-hybridized carbons (Fsp3) is 0.824. The Labute approximate surface area is 161 Å². The van der Waals surface area contributed by atoms with Gasteiger partial charge in [-0.05, 0) is 45.1 Å². The van der Waals surface area contributed by atoms with E-state index in [0.717, 1.165) is 38.5 Å². The van der Waals surface area contributed by atoms with Gasteiger partial charge in [0, 0.05) is 25.6 Å². The van der Waals surface area contributed by atoms with Crippen LogP contribution in [0.5, 0.6) is 0 Å². The van der Waals surface area contributed by atoms with E-state index in [0.29, 0.717) is 32.5 Å². The summed E-state index contributed by atoms with van der Waals surface area (Å²) >= 11 is 0. The number of nitrogens with one attached hydrogen (secondary N) is 4. The van der Waals surface area contributed by atoms with Crippen molar-refractivity contribution >= 4 is 17.8 Å². The van der Waals surface area contributed by atoms with Gasteiger partial charge in [-0.25, -0.2) is 0 Å². The average molecular weight is 388 g/mol. The monoisotopic (exact) mass is 387 g/mol. The molecule has 0 rings (SSSR count). The van der Waals surface area contributed by atoms with E-state index in [4.69, 9.17) is 22.6 Å². The van der Waals surface area contributed by atoms with Crippen molar-refractivity contribution < 1.29 is 14.7 Å². The smallest absolute Gasteiger partial charge is 0.269 e. The average Bonchev–Trinajstić information content (AvgIpc) is 2.62. The van der Waals surface area contributed by atoms with Crippen LogP contribution in [-0.2, 0) is 9.59 Å². The Hall–Kier alpha value is -1.91. The zero-order valence-corrected chi connectivity index (χ0v) is 16.1. The number of rotatable bonds is 16. The minimum Gasteiger partial charge on any atom is -0.370 e. The van der Waals surface area contributed by atoms with Gasteiger partial charge in [0.25, 0.3) is 5.91 Å². The molecular formula is C17H37N7O3. The van der Waals surface area contributed by atoms with Gasteiger partial charge in [0.2, 0.25) is 12.1 Å². The maximum Gasteiger partial charge on any atom is 0.269 e. The van der Waals surface area contributed by atoms with Crippen LogP contribution in [0.3, 0.4) is 0 Å². The Kier molecular flexibility index (Phi) is 15.1. The molecule has 0 spiro atoms. The fourth-order valence-electron chi connectivity index (χ4n) is 2.47. The summed E-state index contributed by atoms with van der Waals surface area (Å²) in [7, 11) is 0. The molecule has 2 atom stereocenters. The fourth-order valence-corrected chi connectivity index (χ4v) is 2.47. The highest BCUT2D eigenvalue weighted by Crippen LogP contribution is 2.03. The molecule has 0 bridgehead atoms. The van der Waals surface area contributed by atoms with Crippen LogP contribution in [-0.4, -0.2) is 54.8 Å². The van der Waals surface area contributed by atoms with E-state index in [-0.39, 0.29) is 24.3 Å². The maximum atomic E-state index is 11.7. The lowest BCUT2D eigenvalue weighted by molar-refractivity contribution is -0.136. The summed E-state index contributed by atoms with van der Waals surface area (Å²) in [4.78, 5) is 23.5. The van der Waals surface area contributed by atoms with E-state index in [1.165, 1.54) is 0 Å². The molecule has 27 heavy (non-hydrogen) atoms. The molecule has 0 aromatic rings. The second-order valence-electron chi connectivity index (χ2n) is 6.60. The molecule has 0 aliphatic heterocycles. The van der Waals surface area contributed by atoms with E-state index >= 15 is 0 Å². The Morgan fingerprint density at radius 3 is 2.26 bits per heavy atom. The molecule has 0 aromatic carbocycles. The Balaban J connectivity index is 3.67. The molecule has 0 saturated heterocycles. The summed E-state index contributed by atoms with van der Waals surface area (Å²) in [6.45, 7) is 1.65. The number of amides is 2. The van der Waals surface area contributed by atoms with Crippen LogP contribution in [0.2, 0.25) is 0 Å². The Morgan fingerprint density at radius 1 is 0.963 bits per heavy atom. The molecule has 10 nitrogen and oxygen atoms in total. The zero-order chi connectivity index (χ0) is 20.5. The van der Waals surface area contributed by atoms with Crippen molar-refractivity contribution in [3.63, 3.8) is 0 Å². The normalized spacial score (nSPS) is 12.9. The lowest BCUT2D eigenvalue weighted by atomic mass is 10.1. The number of unbranched alkanes of at least 4 members (excludes halogenated alkanes) is 3. The molecule has 2 unspecified atom stereocenters. The maximum absolute atomic E-state index is 11.7. The molecule has 0 aliphatic carbocycles.